The molecule has 29 heavy (non-hydrogen) atoms. The molecule has 0 saturated heterocycles. The number of phenolic OH excluding ortho intramolecular Hbond substituents is 1. The summed E-state index contributed by atoms with van der Waals surface area (Å²) < 4.78 is 0. The molecule has 0 fully saturated rings. The van der Waals surface area contributed by atoms with Crippen LogP contribution in [0, 0.1) is 0 Å². The Bertz CT molecular complexity index is 1280. The zero-order chi connectivity index (χ0) is 19.6. The molecule has 4 heterocycles. The van der Waals surface area contributed by atoms with E-state index in [2.05, 4.69) is 9.97 Å². The van der Waals surface area contributed by atoms with Gasteiger partial charge in [0.25, 0.3) is 0 Å². The molecule has 5 nitrogen and oxygen atoms in total. The molecule has 0 aliphatic carbocycles. The van der Waals surface area contributed by atoms with Gasteiger partial charge in [0.1, 0.15) is 5.75 Å². The number of nitrogens with zero attached hydrogens (tertiary/aromatic N) is 4. The second-order valence-corrected chi connectivity index (χ2v) is 6.64. The van der Waals surface area contributed by atoms with Crippen molar-refractivity contribution in [1.82, 2.24) is 19.9 Å². The van der Waals surface area contributed by atoms with Crippen molar-refractivity contribution in [1.29, 1.82) is 0 Å². The van der Waals surface area contributed by atoms with Crippen LogP contribution in [0.3, 0.4) is 0 Å². The Morgan fingerprint density at radius 1 is 0.655 bits per heavy atom. The maximum absolute atomic E-state index is 9.60. The molecule has 5 aromatic rings. The maximum Gasteiger partial charge on any atom is 0.159 e. The van der Waals surface area contributed by atoms with E-state index in [1.165, 1.54) is 0 Å². The van der Waals surface area contributed by atoms with Crippen LogP contribution in [0.4, 0.5) is 0 Å². The van der Waals surface area contributed by atoms with E-state index in [-0.39, 0.29) is 5.75 Å². The Hall–Kier alpha value is -4.12. The number of fused-ring (bicyclic) bond motifs is 2. The number of phenols is 1. The molecule has 138 valence electrons. The monoisotopic (exact) mass is 376 g/mol. The third kappa shape index (κ3) is 3.41. The smallest absolute Gasteiger partial charge is 0.159 e. The average Bonchev–Trinajstić information content (AvgIpc) is 2.78. The Morgan fingerprint density at radius 2 is 1.21 bits per heavy atom. The van der Waals surface area contributed by atoms with E-state index in [9.17, 15) is 5.11 Å². The number of aromatic hydroxyl groups is 1. The van der Waals surface area contributed by atoms with Crippen LogP contribution in [0.2, 0.25) is 0 Å². The van der Waals surface area contributed by atoms with E-state index >= 15 is 0 Å². The fourth-order valence-electron chi connectivity index (χ4n) is 3.22. The fraction of sp³-hybridized carbons (Fsp3) is 0. The zero-order valence-electron chi connectivity index (χ0n) is 15.4. The van der Waals surface area contributed by atoms with Crippen molar-refractivity contribution in [2.45, 2.75) is 0 Å². The van der Waals surface area contributed by atoms with Crippen LogP contribution < -0.4 is 0 Å². The highest BCUT2D eigenvalue weighted by molar-refractivity contribution is 5.92. The van der Waals surface area contributed by atoms with Gasteiger partial charge in [-0.2, -0.15) is 0 Å². The minimum absolute atomic E-state index is 0.227. The van der Waals surface area contributed by atoms with Gasteiger partial charge in [-0.25, -0.2) is 19.9 Å². The standard InChI is InChI=1S/C24H16N4O/c29-19-9-5-16(6-10-19)15-20(21-11-7-17-3-1-13-25-23(17)27-21)22-12-8-18-4-2-14-26-24(18)28-22/h1-15,29H. The first kappa shape index (κ1) is 17.0. The van der Waals surface area contributed by atoms with E-state index in [0.29, 0.717) is 11.3 Å². The summed E-state index contributed by atoms with van der Waals surface area (Å²) >= 11 is 0. The molecule has 0 atom stereocenters. The summed E-state index contributed by atoms with van der Waals surface area (Å²) in [7, 11) is 0. The predicted molar refractivity (Wildman–Crippen MR) is 114 cm³/mol. The SMILES string of the molecule is Oc1ccc(C=C(c2ccc3cccnc3n2)c2ccc3cccnc3n2)cc1. The van der Waals surface area contributed by atoms with Crippen molar-refractivity contribution in [2.75, 3.05) is 0 Å². The molecule has 1 N–H and O–H groups in total. The highest BCUT2D eigenvalue weighted by Gasteiger charge is 2.11. The fourth-order valence-corrected chi connectivity index (χ4v) is 3.22. The summed E-state index contributed by atoms with van der Waals surface area (Å²) in [5.41, 5.74) is 4.69. The van der Waals surface area contributed by atoms with Gasteiger partial charge >= 0.3 is 0 Å². The van der Waals surface area contributed by atoms with Crippen LogP contribution in [-0.2, 0) is 0 Å². The molecule has 5 heteroatoms. The molecule has 0 unspecified atom stereocenters. The highest BCUT2D eigenvalue weighted by Crippen LogP contribution is 2.27. The summed E-state index contributed by atoms with van der Waals surface area (Å²) in [6, 6.07) is 22.8. The van der Waals surface area contributed by atoms with Crippen LogP contribution in [0.25, 0.3) is 33.7 Å². The molecule has 0 aliphatic rings. The molecular weight excluding hydrogens is 360 g/mol. The van der Waals surface area contributed by atoms with Gasteiger partial charge in [-0.15, -0.1) is 0 Å². The van der Waals surface area contributed by atoms with Gasteiger partial charge < -0.3 is 5.11 Å². The Morgan fingerprint density at radius 3 is 1.76 bits per heavy atom. The first-order valence-electron chi connectivity index (χ1n) is 9.21. The van der Waals surface area contributed by atoms with Crippen molar-refractivity contribution >= 4 is 33.7 Å². The van der Waals surface area contributed by atoms with Gasteiger partial charge in [0, 0.05) is 28.7 Å². The number of hydrogen-bond donors (Lipinski definition) is 1. The molecule has 0 amide bonds. The lowest BCUT2D eigenvalue weighted by Gasteiger charge is -2.09. The van der Waals surface area contributed by atoms with Crippen molar-refractivity contribution < 1.29 is 5.11 Å². The van der Waals surface area contributed by atoms with Crippen LogP contribution in [0.15, 0.2) is 85.2 Å². The maximum atomic E-state index is 9.60. The summed E-state index contributed by atoms with van der Waals surface area (Å²) in [5.74, 6) is 0.227. The second kappa shape index (κ2) is 7.13. The lowest BCUT2D eigenvalue weighted by molar-refractivity contribution is 0.475. The quantitative estimate of drug-likeness (QED) is 0.486. The van der Waals surface area contributed by atoms with Crippen LogP contribution in [0.1, 0.15) is 17.0 Å². The topological polar surface area (TPSA) is 71.8 Å². The summed E-state index contributed by atoms with van der Waals surface area (Å²) in [5, 5.41) is 11.6. The average molecular weight is 376 g/mol. The van der Waals surface area contributed by atoms with Gasteiger partial charge in [-0.3, -0.25) is 0 Å². The molecular formula is C24H16N4O. The van der Waals surface area contributed by atoms with E-state index in [1.54, 1.807) is 24.5 Å². The van der Waals surface area contributed by atoms with Gasteiger partial charge in [0.15, 0.2) is 11.3 Å². The van der Waals surface area contributed by atoms with E-state index in [4.69, 9.17) is 9.97 Å². The molecule has 0 spiro atoms. The molecule has 0 aliphatic heterocycles. The Labute approximate surface area is 167 Å². The predicted octanol–water partition coefficient (Wildman–Crippen LogP) is 4.87. The normalized spacial score (nSPS) is 10.9. The van der Waals surface area contributed by atoms with Gasteiger partial charge in [0.2, 0.25) is 0 Å². The van der Waals surface area contributed by atoms with Crippen molar-refractivity contribution in [3.63, 3.8) is 0 Å². The largest absolute Gasteiger partial charge is 0.508 e. The minimum atomic E-state index is 0.227. The molecule has 5 rings (SSSR count). The van der Waals surface area contributed by atoms with Crippen LogP contribution >= 0.6 is 0 Å². The third-order valence-electron chi connectivity index (χ3n) is 4.68. The van der Waals surface area contributed by atoms with Crippen LogP contribution in [0.5, 0.6) is 5.75 Å². The van der Waals surface area contributed by atoms with Crippen LogP contribution in [-0.4, -0.2) is 25.0 Å². The number of aromatic nitrogens is 4. The summed E-state index contributed by atoms with van der Waals surface area (Å²) in [6.07, 6.45) is 5.48. The first-order chi connectivity index (χ1) is 14.3. The lowest BCUT2D eigenvalue weighted by atomic mass is 10.0. The number of pyridine rings is 4. The Balaban J connectivity index is 1.71. The zero-order valence-corrected chi connectivity index (χ0v) is 15.4. The Kier molecular flexibility index (Phi) is 4.18. The molecule has 0 bridgehead atoms. The van der Waals surface area contributed by atoms with E-state index < -0.39 is 0 Å². The molecule has 4 aromatic heterocycles. The number of benzene rings is 1. The third-order valence-corrected chi connectivity index (χ3v) is 4.68. The van der Waals surface area contributed by atoms with Gasteiger partial charge in [-0.1, -0.05) is 12.1 Å². The number of rotatable bonds is 3. The van der Waals surface area contributed by atoms with Gasteiger partial charge in [-0.05, 0) is 72.3 Å². The molecule has 0 radical (unpaired) electrons. The van der Waals surface area contributed by atoms with E-state index in [0.717, 1.165) is 33.3 Å². The van der Waals surface area contributed by atoms with Crippen molar-refractivity contribution in [3.05, 3.63) is 102 Å². The summed E-state index contributed by atoms with van der Waals surface area (Å²) in [4.78, 5) is 18.3. The lowest BCUT2D eigenvalue weighted by Crippen LogP contribution is -1.97. The highest BCUT2D eigenvalue weighted by atomic mass is 16.3. The summed E-state index contributed by atoms with van der Waals surface area (Å²) in [6.45, 7) is 0. The van der Waals surface area contributed by atoms with E-state index in [1.807, 2.05) is 66.7 Å². The van der Waals surface area contributed by atoms with Crippen molar-refractivity contribution in [3.8, 4) is 5.75 Å². The minimum Gasteiger partial charge on any atom is -0.508 e. The molecule has 1 aromatic carbocycles. The first-order valence-corrected chi connectivity index (χ1v) is 9.21. The second-order valence-electron chi connectivity index (χ2n) is 6.64. The van der Waals surface area contributed by atoms with Crippen molar-refractivity contribution in [2.24, 2.45) is 0 Å². The number of hydrogen-bond acceptors (Lipinski definition) is 5. The molecule has 0 saturated carbocycles. The van der Waals surface area contributed by atoms with Gasteiger partial charge in [0.05, 0.1) is 11.4 Å².